The van der Waals surface area contributed by atoms with Gasteiger partial charge in [0.1, 0.15) is 35.1 Å². The molecule has 1 saturated carbocycles. The van der Waals surface area contributed by atoms with Gasteiger partial charge in [0.15, 0.2) is 0 Å². The number of rotatable bonds is 10. The molecule has 0 bridgehead atoms. The highest BCUT2D eigenvalue weighted by Gasteiger charge is 2.56. The molecule has 3 aromatic carbocycles. The van der Waals surface area contributed by atoms with Gasteiger partial charge >= 0.3 is 0 Å². The van der Waals surface area contributed by atoms with E-state index < -0.39 is 17.1 Å². The molecule has 1 heterocycles. The highest BCUT2D eigenvalue weighted by atomic mass is 79.9. The summed E-state index contributed by atoms with van der Waals surface area (Å²) in [5.41, 5.74) is 0.542. The molecule has 1 aliphatic rings. The number of pyridine rings is 1. The van der Waals surface area contributed by atoms with Crippen molar-refractivity contribution in [1.82, 2.24) is 4.98 Å². The van der Waals surface area contributed by atoms with E-state index in [2.05, 4.69) is 31.5 Å². The van der Waals surface area contributed by atoms with E-state index in [1.807, 2.05) is 12.1 Å². The van der Waals surface area contributed by atoms with Crippen molar-refractivity contribution in [2.24, 2.45) is 5.41 Å². The predicted molar refractivity (Wildman–Crippen MR) is 149 cm³/mol. The van der Waals surface area contributed by atoms with Gasteiger partial charge in [-0.05, 0) is 89.4 Å². The summed E-state index contributed by atoms with van der Waals surface area (Å²) < 4.78 is 30.8. The van der Waals surface area contributed by atoms with Crippen LogP contribution in [0.15, 0.2) is 77.4 Å². The van der Waals surface area contributed by atoms with E-state index in [4.69, 9.17) is 14.2 Å². The number of benzene rings is 3. The average Bonchev–Trinajstić information content (AvgIpc) is 3.74. The number of hydrogen-bond acceptors (Lipinski definition) is 6. The maximum Gasteiger partial charge on any atom is 0.240 e. The molecular formula is C29H25BrFN3O5. The second kappa shape index (κ2) is 11.4. The van der Waals surface area contributed by atoms with Crippen molar-refractivity contribution in [3.63, 3.8) is 0 Å². The molecule has 0 radical (unpaired) electrons. The van der Waals surface area contributed by atoms with E-state index in [1.54, 1.807) is 43.6 Å². The zero-order valence-corrected chi connectivity index (χ0v) is 22.6. The Morgan fingerprint density at radius 1 is 0.923 bits per heavy atom. The third-order valence-corrected chi connectivity index (χ3v) is 6.98. The summed E-state index contributed by atoms with van der Waals surface area (Å²) in [6, 6.07) is 17.8. The number of aromatic nitrogens is 1. The maximum absolute atomic E-state index is 13.1. The van der Waals surface area contributed by atoms with E-state index in [0.717, 1.165) is 9.86 Å². The number of anilines is 2. The summed E-state index contributed by atoms with van der Waals surface area (Å²) in [5.74, 6) is 0.632. The molecule has 0 unspecified atom stereocenters. The van der Waals surface area contributed by atoms with Crippen LogP contribution in [0, 0.1) is 11.2 Å². The van der Waals surface area contributed by atoms with Gasteiger partial charge < -0.3 is 24.8 Å². The number of carbonyl (C=O) groups excluding carboxylic acids is 2. The Bertz CT molecular complexity index is 1510. The first kappa shape index (κ1) is 26.6. The van der Waals surface area contributed by atoms with Gasteiger partial charge in [0.05, 0.1) is 16.6 Å². The minimum Gasteiger partial charge on any atom is -0.490 e. The fourth-order valence-electron chi connectivity index (χ4n) is 4.01. The monoisotopic (exact) mass is 593 g/mol. The van der Waals surface area contributed by atoms with Gasteiger partial charge in [0.2, 0.25) is 11.8 Å². The summed E-state index contributed by atoms with van der Waals surface area (Å²) in [5, 5.41) is 6.32. The highest BCUT2D eigenvalue weighted by Crippen LogP contribution is 2.47. The number of methoxy groups -OCH3 is 1. The van der Waals surface area contributed by atoms with E-state index in [1.165, 1.54) is 24.3 Å². The predicted octanol–water partition coefficient (Wildman–Crippen LogP) is 6.31. The summed E-state index contributed by atoms with van der Waals surface area (Å²) in [4.78, 5) is 30.2. The number of nitrogens with one attached hydrogen (secondary N) is 2. The molecule has 8 nitrogen and oxygen atoms in total. The van der Waals surface area contributed by atoms with Crippen molar-refractivity contribution in [3.8, 4) is 17.2 Å². The largest absolute Gasteiger partial charge is 0.490 e. The second-order valence-electron chi connectivity index (χ2n) is 9.07. The molecule has 2 N–H and O–H groups in total. The molecule has 1 aliphatic carbocycles. The zero-order chi connectivity index (χ0) is 27.4. The van der Waals surface area contributed by atoms with Crippen molar-refractivity contribution in [2.75, 3.05) is 31.0 Å². The van der Waals surface area contributed by atoms with Gasteiger partial charge in [0.25, 0.3) is 0 Å². The van der Waals surface area contributed by atoms with E-state index >= 15 is 0 Å². The van der Waals surface area contributed by atoms with Crippen LogP contribution in [0.3, 0.4) is 0 Å². The average molecular weight is 594 g/mol. The van der Waals surface area contributed by atoms with E-state index in [0.29, 0.717) is 60.2 Å². The number of ether oxygens (including phenoxy) is 3. The Labute approximate surface area is 232 Å². The summed E-state index contributed by atoms with van der Waals surface area (Å²) >= 11 is 3.54. The Morgan fingerprint density at radius 3 is 2.18 bits per heavy atom. The number of hydrogen-bond donors (Lipinski definition) is 2. The quantitative estimate of drug-likeness (QED) is 0.165. The van der Waals surface area contributed by atoms with Gasteiger partial charge in [0, 0.05) is 36.1 Å². The molecule has 0 saturated heterocycles. The van der Waals surface area contributed by atoms with Crippen molar-refractivity contribution in [3.05, 3.63) is 83.2 Å². The van der Waals surface area contributed by atoms with Gasteiger partial charge in [-0.1, -0.05) is 0 Å². The number of nitrogens with zero attached hydrogens (tertiary/aromatic N) is 1. The highest BCUT2D eigenvalue weighted by molar-refractivity contribution is 9.10. The van der Waals surface area contributed by atoms with Crippen LogP contribution in [0.4, 0.5) is 15.8 Å². The van der Waals surface area contributed by atoms with Crippen molar-refractivity contribution < 1.29 is 28.2 Å². The van der Waals surface area contributed by atoms with Crippen LogP contribution >= 0.6 is 15.9 Å². The molecule has 4 aromatic rings. The molecule has 0 spiro atoms. The van der Waals surface area contributed by atoms with Gasteiger partial charge in [-0.15, -0.1) is 0 Å². The molecule has 10 heteroatoms. The van der Waals surface area contributed by atoms with Crippen LogP contribution in [0.1, 0.15) is 12.8 Å². The van der Waals surface area contributed by atoms with Crippen molar-refractivity contribution in [1.29, 1.82) is 0 Å². The van der Waals surface area contributed by atoms with Crippen LogP contribution in [0.2, 0.25) is 0 Å². The molecule has 200 valence electrons. The smallest absolute Gasteiger partial charge is 0.240 e. The molecule has 39 heavy (non-hydrogen) atoms. The van der Waals surface area contributed by atoms with E-state index in [9.17, 15) is 14.0 Å². The third kappa shape index (κ3) is 6.02. The molecule has 0 atom stereocenters. The lowest BCUT2D eigenvalue weighted by Gasteiger charge is -2.16. The van der Waals surface area contributed by atoms with Crippen LogP contribution in [0.5, 0.6) is 17.2 Å². The third-order valence-electron chi connectivity index (χ3n) is 6.36. The van der Waals surface area contributed by atoms with Crippen LogP contribution in [0.25, 0.3) is 10.9 Å². The fraction of sp³-hybridized carbons (Fsp3) is 0.207. The lowest BCUT2D eigenvalue weighted by molar-refractivity contribution is -0.131. The number of carbonyl (C=O) groups is 2. The first-order valence-electron chi connectivity index (χ1n) is 12.2. The number of halogens is 2. The Morgan fingerprint density at radius 2 is 1.56 bits per heavy atom. The van der Waals surface area contributed by atoms with Crippen LogP contribution in [-0.2, 0) is 14.3 Å². The second-order valence-corrected chi connectivity index (χ2v) is 9.93. The SMILES string of the molecule is COCCOc1cc2nccc(Oc3ccc(NC(=O)C4(C(=O)Nc5ccc(F)cc5)CC4)cc3)c2cc1Br. The minimum absolute atomic E-state index is 0.385. The zero-order valence-electron chi connectivity index (χ0n) is 21.0. The Kier molecular flexibility index (Phi) is 7.76. The van der Waals surface area contributed by atoms with E-state index in [-0.39, 0.29) is 5.91 Å². The molecule has 5 rings (SSSR count). The normalized spacial score (nSPS) is 13.5. The lowest BCUT2D eigenvalue weighted by atomic mass is 10.0. The molecule has 0 aliphatic heterocycles. The molecule has 1 fully saturated rings. The van der Waals surface area contributed by atoms with Crippen molar-refractivity contribution >= 4 is 50.0 Å². The van der Waals surface area contributed by atoms with Crippen molar-refractivity contribution in [2.45, 2.75) is 12.8 Å². The maximum atomic E-state index is 13.1. The Hall–Kier alpha value is -4.02. The number of amides is 2. The first-order chi connectivity index (χ1) is 18.9. The minimum atomic E-state index is -1.14. The van der Waals surface area contributed by atoms with Gasteiger partial charge in [-0.3, -0.25) is 14.6 Å². The van der Waals surface area contributed by atoms with Crippen LogP contribution < -0.4 is 20.1 Å². The summed E-state index contributed by atoms with van der Waals surface area (Å²) in [6.07, 6.45) is 2.54. The first-order valence-corrected chi connectivity index (χ1v) is 13.0. The Balaban J connectivity index is 1.24. The summed E-state index contributed by atoms with van der Waals surface area (Å²) in [6.45, 7) is 0.890. The van der Waals surface area contributed by atoms with Crippen LogP contribution in [-0.4, -0.2) is 37.1 Å². The lowest BCUT2D eigenvalue weighted by Crippen LogP contribution is -2.35. The molecule has 1 aromatic heterocycles. The topological polar surface area (TPSA) is 98.8 Å². The number of fused-ring (bicyclic) bond motifs is 1. The molecular weight excluding hydrogens is 569 g/mol. The van der Waals surface area contributed by atoms with Gasteiger partial charge in [-0.25, -0.2) is 4.39 Å². The molecule has 2 amide bonds. The fourth-order valence-corrected chi connectivity index (χ4v) is 4.46. The summed E-state index contributed by atoms with van der Waals surface area (Å²) in [7, 11) is 1.62. The van der Waals surface area contributed by atoms with Gasteiger partial charge in [-0.2, -0.15) is 0 Å². The standard InChI is InChI=1S/C29H25BrFN3O5/c1-37-14-15-38-26-17-24-22(16-23(26)30)25(10-13-32-24)39-21-8-6-20(7-9-21)34-28(36)29(11-12-29)27(35)33-19-4-2-18(31)3-5-19/h2-10,13,16-17H,11-12,14-15H2,1H3,(H,33,35)(H,34,36).